The average molecular weight is 282 g/mol. The quantitative estimate of drug-likeness (QED) is 0.876. The minimum absolute atomic E-state index is 0.252. The van der Waals surface area contributed by atoms with Gasteiger partial charge in [0.25, 0.3) is 5.89 Å². The summed E-state index contributed by atoms with van der Waals surface area (Å²) in [6, 6.07) is 7.06. The lowest BCUT2D eigenvalue weighted by molar-refractivity contribution is -0.229. The molecular formula is C12H12ClN3O3. The van der Waals surface area contributed by atoms with Crippen LogP contribution in [-0.2, 0) is 4.74 Å². The molecule has 1 aromatic carbocycles. The molecule has 3 atom stereocenters. The molecule has 2 heterocycles. The van der Waals surface area contributed by atoms with Crippen molar-refractivity contribution >= 4 is 11.6 Å². The highest BCUT2D eigenvalue weighted by atomic mass is 35.5. The number of hydrogen-bond donors (Lipinski definition) is 2. The van der Waals surface area contributed by atoms with Crippen molar-refractivity contribution in [2.75, 3.05) is 6.54 Å². The molecule has 100 valence electrons. The molecule has 1 saturated heterocycles. The fraction of sp³-hybridized carbons (Fsp3) is 0.333. The van der Waals surface area contributed by atoms with Gasteiger partial charge in [-0.25, -0.2) is 0 Å². The Kier molecular flexibility index (Phi) is 3.24. The lowest BCUT2D eigenvalue weighted by Crippen LogP contribution is -2.51. The molecule has 0 aliphatic carbocycles. The molecule has 1 fully saturated rings. The Morgan fingerprint density at radius 2 is 2.05 bits per heavy atom. The summed E-state index contributed by atoms with van der Waals surface area (Å²) in [5.41, 5.74) is 6.19. The number of hydrogen-bond acceptors (Lipinski definition) is 6. The maximum Gasteiger partial charge on any atom is 0.258 e. The molecule has 0 amide bonds. The summed E-state index contributed by atoms with van der Waals surface area (Å²) >= 11 is 5.81. The highest BCUT2D eigenvalue weighted by Gasteiger charge is 2.44. The van der Waals surface area contributed by atoms with Crippen molar-refractivity contribution in [2.24, 2.45) is 5.73 Å². The minimum atomic E-state index is -0.705. The third kappa shape index (κ3) is 2.23. The predicted octanol–water partition coefficient (Wildman–Crippen LogP) is 1.15. The fourth-order valence-electron chi connectivity index (χ4n) is 1.92. The summed E-state index contributed by atoms with van der Waals surface area (Å²) < 4.78 is 10.5. The second kappa shape index (κ2) is 4.90. The van der Waals surface area contributed by atoms with Crippen molar-refractivity contribution in [1.29, 1.82) is 0 Å². The first-order valence-corrected chi connectivity index (χ1v) is 6.20. The first-order chi connectivity index (χ1) is 9.19. The van der Waals surface area contributed by atoms with Gasteiger partial charge in [-0.2, -0.15) is 4.98 Å². The molecule has 0 bridgehead atoms. The van der Waals surface area contributed by atoms with E-state index in [-0.39, 0.29) is 18.5 Å². The van der Waals surface area contributed by atoms with E-state index in [0.29, 0.717) is 10.8 Å². The maximum atomic E-state index is 9.79. The number of nitrogens with zero attached hydrogens (tertiary/aromatic N) is 2. The zero-order valence-corrected chi connectivity index (χ0v) is 10.6. The van der Waals surface area contributed by atoms with E-state index >= 15 is 0 Å². The number of ether oxygens (including phenoxy) is 1. The molecule has 6 nitrogen and oxygen atoms in total. The number of aliphatic hydroxyl groups is 1. The predicted molar refractivity (Wildman–Crippen MR) is 67.4 cm³/mol. The third-order valence-corrected chi connectivity index (χ3v) is 3.28. The van der Waals surface area contributed by atoms with E-state index in [1.54, 1.807) is 24.3 Å². The summed E-state index contributed by atoms with van der Waals surface area (Å²) in [5, 5.41) is 14.3. The average Bonchev–Trinajstić information content (AvgIpc) is 2.88. The Balaban J connectivity index is 1.79. The van der Waals surface area contributed by atoms with E-state index < -0.39 is 12.2 Å². The Hall–Kier alpha value is -1.47. The second-order valence-electron chi connectivity index (χ2n) is 4.28. The van der Waals surface area contributed by atoms with Crippen LogP contribution in [0.25, 0.3) is 11.4 Å². The summed E-state index contributed by atoms with van der Waals surface area (Å²) in [4.78, 5) is 4.20. The van der Waals surface area contributed by atoms with Crippen molar-refractivity contribution < 1.29 is 14.4 Å². The lowest BCUT2D eigenvalue weighted by Gasteiger charge is -2.38. The lowest BCUT2D eigenvalue weighted by atomic mass is 10.0. The molecule has 1 aliphatic heterocycles. The van der Waals surface area contributed by atoms with Crippen LogP contribution in [0.5, 0.6) is 0 Å². The topological polar surface area (TPSA) is 94.4 Å². The molecule has 3 rings (SSSR count). The van der Waals surface area contributed by atoms with Crippen LogP contribution in [0, 0.1) is 0 Å². The van der Waals surface area contributed by atoms with Crippen molar-refractivity contribution in [1.82, 2.24) is 10.1 Å². The van der Waals surface area contributed by atoms with Crippen LogP contribution in [-0.4, -0.2) is 34.0 Å². The molecule has 0 saturated carbocycles. The number of nitrogens with two attached hydrogens (primary N) is 1. The Morgan fingerprint density at radius 3 is 2.68 bits per heavy atom. The van der Waals surface area contributed by atoms with Gasteiger partial charge in [0.15, 0.2) is 6.10 Å². The number of rotatable bonds is 3. The molecule has 19 heavy (non-hydrogen) atoms. The van der Waals surface area contributed by atoms with Crippen LogP contribution in [0.3, 0.4) is 0 Å². The highest BCUT2D eigenvalue weighted by Crippen LogP contribution is 2.34. The Labute approximate surface area is 114 Å². The van der Waals surface area contributed by atoms with Gasteiger partial charge < -0.3 is 20.1 Å². The van der Waals surface area contributed by atoms with Crippen molar-refractivity contribution in [2.45, 2.75) is 18.3 Å². The normalized spacial score (nSPS) is 26.2. The van der Waals surface area contributed by atoms with E-state index in [1.165, 1.54) is 0 Å². The van der Waals surface area contributed by atoms with Gasteiger partial charge in [0, 0.05) is 17.1 Å². The summed E-state index contributed by atoms with van der Waals surface area (Å²) in [5.74, 6) is 0.681. The number of halogens is 1. The third-order valence-electron chi connectivity index (χ3n) is 3.03. The largest absolute Gasteiger partial charge is 0.387 e. The van der Waals surface area contributed by atoms with Crippen LogP contribution in [0.2, 0.25) is 5.02 Å². The van der Waals surface area contributed by atoms with Crippen LogP contribution in [0.1, 0.15) is 12.0 Å². The molecular weight excluding hydrogens is 270 g/mol. The molecule has 2 aromatic rings. The monoisotopic (exact) mass is 281 g/mol. The van der Waals surface area contributed by atoms with Crippen molar-refractivity contribution in [3.8, 4) is 11.4 Å². The van der Waals surface area contributed by atoms with Crippen LogP contribution < -0.4 is 5.73 Å². The number of benzene rings is 1. The van der Waals surface area contributed by atoms with Gasteiger partial charge in [-0.15, -0.1) is 0 Å². The van der Waals surface area contributed by atoms with Crippen LogP contribution in [0.4, 0.5) is 0 Å². The van der Waals surface area contributed by atoms with Crippen LogP contribution in [0.15, 0.2) is 28.8 Å². The van der Waals surface area contributed by atoms with Gasteiger partial charge in [0.1, 0.15) is 6.10 Å². The molecule has 0 radical (unpaired) electrons. The fourth-order valence-corrected chi connectivity index (χ4v) is 2.05. The van der Waals surface area contributed by atoms with E-state index in [4.69, 9.17) is 26.6 Å². The molecule has 0 spiro atoms. The van der Waals surface area contributed by atoms with Gasteiger partial charge >= 0.3 is 0 Å². The second-order valence-corrected chi connectivity index (χ2v) is 4.72. The summed E-state index contributed by atoms with van der Waals surface area (Å²) in [7, 11) is 0. The summed E-state index contributed by atoms with van der Waals surface area (Å²) in [6.07, 6.45) is -1.67. The Bertz CT molecular complexity index is 572. The van der Waals surface area contributed by atoms with Gasteiger partial charge in [-0.3, -0.25) is 0 Å². The first kappa shape index (κ1) is 12.6. The van der Waals surface area contributed by atoms with E-state index in [1.807, 2.05) is 0 Å². The van der Waals surface area contributed by atoms with Gasteiger partial charge in [-0.1, -0.05) is 16.8 Å². The standard InChI is InChI=1S/C12H12ClN3O3/c13-7-3-1-6(2-4-7)11-15-12(19-16-11)10-9(17)8(5-14)18-10/h1-4,8-10,17H,5,14H2/t8-,9+,10+/m1/s1. The SMILES string of the molecule is NC[C@H]1O[C@H](c2nc(-c3ccc(Cl)cc3)no2)[C@H]1O. The van der Waals surface area contributed by atoms with Gasteiger partial charge in [0.05, 0.1) is 6.10 Å². The van der Waals surface area contributed by atoms with Crippen molar-refractivity contribution in [3.05, 3.63) is 35.2 Å². The molecule has 7 heteroatoms. The molecule has 1 aromatic heterocycles. The number of aromatic nitrogens is 2. The minimum Gasteiger partial charge on any atom is -0.387 e. The summed E-state index contributed by atoms with van der Waals surface area (Å²) in [6.45, 7) is 0.260. The van der Waals surface area contributed by atoms with Crippen LogP contribution >= 0.6 is 11.6 Å². The van der Waals surface area contributed by atoms with E-state index in [2.05, 4.69) is 10.1 Å². The molecule has 0 unspecified atom stereocenters. The van der Waals surface area contributed by atoms with Gasteiger partial charge in [0.2, 0.25) is 5.82 Å². The Morgan fingerprint density at radius 1 is 1.32 bits per heavy atom. The highest BCUT2D eigenvalue weighted by molar-refractivity contribution is 6.30. The molecule has 3 N–H and O–H groups in total. The molecule has 1 aliphatic rings. The number of aliphatic hydroxyl groups excluding tert-OH is 1. The van der Waals surface area contributed by atoms with E-state index in [0.717, 1.165) is 5.56 Å². The van der Waals surface area contributed by atoms with Crippen molar-refractivity contribution in [3.63, 3.8) is 0 Å². The van der Waals surface area contributed by atoms with Gasteiger partial charge in [-0.05, 0) is 24.3 Å². The van der Waals surface area contributed by atoms with E-state index in [9.17, 15) is 5.11 Å². The first-order valence-electron chi connectivity index (χ1n) is 5.82. The maximum absolute atomic E-state index is 9.79. The zero-order chi connectivity index (χ0) is 13.4. The smallest absolute Gasteiger partial charge is 0.258 e. The zero-order valence-electron chi connectivity index (χ0n) is 9.86.